The maximum Gasteiger partial charge on any atom is 0.312 e. The van der Waals surface area contributed by atoms with E-state index in [1.165, 1.54) is 0 Å². The van der Waals surface area contributed by atoms with Gasteiger partial charge < -0.3 is 25.4 Å². The van der Waals surface area contributed by atoms with Gasteiger partial charge in [-0.2, -0.15) is 0 Å². The first-order chi connectivity index (χ1) is 10.6. The molecule has 0 bridgehead atoms. The van der Waals surface area contributed by atoms with Crippen molar-refractivity contribution in [1.29, 1.82) is 0 Å². The number of hydrogen-bond donors (Lipinski definition) is 2. The summed E-state index contributed by atoms with van der Waals surface area (Å²) in [6.45, 7) is 1.42. The number of rotatable bonds is 5. The molecule has 1 heterocycles. The third-order valence-electron chi connectivity index (χ3n) is 3.50. The van der Waals surface area contributed by atoms with E-state index < -0.39 is 6.03 Å². The summed E-state index contributed by atoms with van der Waals surface area (Å²) >= 11 is 0. The van der Waals surface area contributed by atoms with Crippen LogP contribution in [-0.2, 0) is 16.0 Å². The van der Waals surface area contributed by atoms with Crippen molar-refractivity contribution in [3.63, 3.8) is 0 Å². The Balaban J connectivity index is 1.89. The molecule has 0 radical (unpaired) electrons. The van der Waals surface area contributed by atoms with Crippen LogP contribution in [0.5, 0.6) is 5.75 Å². The number of methoxy groups -OCH3 is 1. The molecule has 0 aromatic heterocycles. The third-order valence-corrected chi connectivity index (χ3v) is 3.50. The molecular formula is C15H21N3O4. The van der Waals surface area contributed by atoms with Crippen LogP contribution in [0.1, 0.15) is 5.56 Å². The molecule has 0 spiro atoms. The van der Waals surface area contributed by atoms with E-state index in [1.54, 1.807) is 12.0 Å². The van der Waals surface area contributed by atoms with E-state index in [2.05, 4.69) is 5.32 Å². The number of morpholine rings is 1. The van der Waals surface area contributed by atoms with Gasteiger partial charge in [-0.3, -0.25) is 4.79 Å². The molecule has 3 N–H and O–H groups in total. The molecule has 2 rings (SSSR count). The summed E-state index contributed by atoms with van der Waals surface area (Å²) in [7, 11) is 1.63. The predicted molar refractivity (Wildman–Crippen MR) is 80.6 cm³/mol. The van der Waals surface area contributed by atoms with Gasteiger partial charge >= 0.3 is 6.03 Å². The van der Waals surface area contributed by atoms with Crippen LogP contribution >= 0.6 is 0 Å². The minimum atomic E-state index is -0.699. The zero-order valence-corrected chi connectivity index (χ0v) is 12.6. The second kappa shape index (κ2) is 7.65. The van der Waals surface area contributed by atoms with Crippen LogP contribution in [0.25, 0.3) is 0 Å². The third kappa shape index (κ3) is 4.63. The fourth-order valence-electron chi connectivity index (χ4n) is 2.41. The van der Waals surface area contributed by atoms with Gasteiger partial charge in [0.2, 0.25) is 5.91 Å². The number of hydrogen-bond acceptors (Lipinski definition) is 4. The minimum absolute atomic E-state index is 0.0709. The summed E-state index contributed by atoms with van der Waals surface area (Å²) in [5, 5.41) is 2.31. The van der Waals surface area contributed by atoms with Crippen LogP contribution in [0.4, 0.5) is 4.79 Å². The number of carbonyl (C=O) groups is 2. The lowest BCUT2D eigenvalue weighted by molar-refractivity contribution is -0.137. The van der Waals surface area contributed by atoms with Crippen LogP contribution in [0.3, 0.4) is 0 Å². The Labute approximate surface area is 129 Å². The van der Waals surface area contributed by atoms with Gasteiger partial charge in [-0.25, -0.2) is 4.79 Å². The van der Waals surface area contributed by atoms with Crippen molar-refractivity contribution < 1.29 is 19.1 Å². The first-order valence-corrected chi connectivity index (χ1v) is 7.14. The Morgan fingerprint density at radius 3 is 3.05 bits per heavy atom. The van der Waals surface area contributed by atoms with Crippen molar-refractivity contribution in [2.75, 3.05) is 33.4 Å². The monoisotopic (exact) mass is 307 g/mol. The molecule has 1 aliphatic heterocycles. The topological polar surface area (TPSA) is 93.9 Å². The highest BCUT2D eigenvalue weighted by atomic mass is 16.5. The number of urea groups is 1. The molecule has 0 saturated carbocycles. The molecule has 1 aromatic carbocycles. The van der Waals surface area contributed by atoms with Gasteiger partial charge in [0.15, 0.2) is 0 Å². The Kier molecular flexibility index (Phi) is 5.60. The zero-order chi connectivity index (χ0) is 15.9. The molecule has 1 fully saturated rings. The number of carbonyl (C=O) groups excluding carboxylic acids is 2. The Morgan fingerprint density at radius 2 is 2.32 bits per heavy atom. The quantitative estimate of drug-likeness (QED) is 0.808. The smallest absolute Gasteiger partial charge is 0.312 e. The van der Waals surface area contributed by atoms with E-state index in [1.807, 2.05) is 24.3 Å². The average molecular weight is 307 g/mol. The van der Waals surface area contributed by atoms with E-state index in [-0.39, 0.29) is 18.6 Å². The van der Waals surface area contributed by atoms with Crippen molar-refractivity contribution in [3.8, 4) is 5.75 Å². The molecule has 7 heteroatoms. The highest BCUT2D eigenvalue weighted by molar-refractivity contribution is 5.83. The SMILES string of the molecule is COc1cccc(CC2CN(C(=O)CNC(N)=O)CCO2)c1. The Morgan fingerprint density at radius 1 is 1.50 bits per heavy atom. The average Bonchev–Trinajstić information content (AvgIpc) is 2.53. The first kappa shape index (κ1) is 16.1. The zero-order valence-electron chi connectivity index (χ0n) is 12.6. The fraction of sp³-hybridized carbons (Fsp3) is 0.467. The first-order valence-electron chi connectivity index (χ1n) is 7.14. The van der Waals surface area contributed by atoms with Crippen molar-refractivity contribution in [2.45, 2.75) is 12.5 Å². The van der Waals surface area contributed by atoms with Crippen LogP contribution in [0.2, 0.25) is 0 Å². The molecule has 1 aliphatic rings. The van der Waals surface area contributed by atoms with Crippen molar-refractivity contribution in [1.82, 2.24) is 10.2 Å². The van der Waals surface area contributed by atoms with Gasteiger partial charge in [0.05, 0.1) is 26.4 Å². The molecule has 3 amide bonds. The van der Waals surface area contributed by atoms with E-state index in [4.69, 9.17) is 15.2 Å². The number of ether oxygens (including phenoxy) is 2. The molecule has 7 nitrogen and oxygen atoms in total. The molecule has 1 atom stereocenters. The highest BCUT2D eigenvalue weighted by Gasteiger charge is 2.24. The summed E-state index contributed by atoms with van der Waals surface area (Å²) in [5.74, 6) is 0.643. The maximum atomic E-state index is 12.0. The minimum Gasteiger partial charge on any atom is -0.497 e. The number of nitrogens with one attached hydrogen (secondary N) is 1. The number of primary amides is 1. The molecule has 0 aliphatic carbocycles. The lowest BCUT2D eigenvalue weighted by atomic mass is 10.1. The van der Waals surface area contributed by atoms with Crippen LogP contribution < -0.4 is 15.8 Å². The van der Waals surface area contributed by atoms with Crippen LogP contribution in [-0.4, -0.2) is 56.3 Å². The summed E-state index contributed by atoms with van der Waals surface area (Å²) in [6.07, 6.45) is 0.628. The summed E-state index contributed by atoms with van der Waals surface area (Å²) in [6, 6.07) is 7.07. The molecule has 22 heavy (non-hydrogen) atoms. The van der Waals surface area contributed by atoms with Crippen LogP contribution in [0.15, 0.2) is 24.3 Å². The predicted octanol–water partition coefficient (Wildman–Crippen LogP) is 0.133. The summed E-state index contributed by atoms with van der Waals surface area (Å²) < 4.78 is 10.9. The van der Waals surface area contributed by atoms with E-state index in [0.717, 1.165) is 11.3 Å². The lowest BCUT2D eigenvalue weighted by Gasteiger charge is -2.33. The number of benzene rings is 1. The molecule has 1 unspecified atom stereocenters. The number of nitrogens with zero attached hydrogens (tertiary/aromatic N) is 1. The second-order valence-corrected chi connectivity index (χ2v) is 5.11. The standard InChI is InChI=1S/C15H21N3O4/c1-21-12-4-2-3-11(7-12)8-13-10-18(5-6-22-13)14(19)9-17-15(16)20/h2-4,7,13H,5-6,8-10H2,1H3,(H3,16,17,20). The molecule has 1 saturated heterocycles. The number of nitrogens with two attached hydrogens (primary N) is 1. The van der Waals surface area contributed by atoms with Gasteiger partial charge in [0.25, 0.3) is 0 Å². The van der Waals surface area contributed by atoms with E-state index >= 15 is 0 Å². The molecule has 1 aromatic rings. The second-order valence-electron chi connectivity index (χ2n) is 5.11. The van der Waals surface area contributed by atoms with Gasteiger partial charge in [0.1, 0.15) is 5.75 Å². The maximum absolute atomic E-state index is 12.0. The lowest BCUT2D eigenvalue weighted by Crippen LogP contribution is -2.50. The highest BCUT2D eigenvalue weighted by Crippen LogP contribution is 2.17. The number of amides is 3. The van der Waals surface area contributed by atoms with Crippen LogP contribution in [0, 0.1) is 0 Å². The van der Waals surface area contributed by atoms with Crippen molar-refractivity contribution >= 4 is 11.9 Å². The van der Waals surface area contributed by atoms with E-state index in [0.29, 0.717) is 26.1 Å². The Hall–Kier alpha value is -2.28. The molecular weight excluding hydrogens is 286 g/mol. The largest absolute Gasteiger partial charge is 0.497 e. The molecule has 120 valence electrons. The fourth-order valence-corrected chi connectivity index (χ4v) is 2.41. The van der Waals surface area contributed by atoms with Gasteiger partial charge in [-0.1, -0.05) is 12.1 Å². The normalized spacial score (nSPS) is 17.9. The van der Waals surface area contributed by atoms with E-state index in [9.17, 15) is 9.59 Å². The van der Waals surface area contributed by atoms with Crippen molar-refractivity contribution in [3.05, 3.63) is 29.8 Å². The van der Waals surface area contributed by atoms with Crippen molar-refractivity contribution in [2.24, 2.45) is 5.73 Å². The van der Waals surface area contributed by atoms with Gasteiger partial charge in [0, 0.05) is 19.5 Å². The van der Waals surface area contributed by atoms with Gasteiger partial charge in [-0.05, 0) is 17.7 Å². The van der Waals surface area contributed by atoms with Gasteiger partial charge in [-0.15, -0.1) is 0 Å². The summed E-state index contributed by atoms with van der Waals surface area (Å²) in [4.78, 5) is 24.3. The Bertz CT molecular complexity index is 535. The summed E-state index contributed by atoms with van der Waals surface area (Å²) in [5.41, 5.74) is 6.06.